The molecule has 0 aliphatic carbocycles. The van der Waals surface area contributed by atoms with Crippen LogP contribution in [-0.4, -0.2) is 23.6 Å². The number of nitrogens with one attached hydrogen (secondary N) is 4. The van der Waals surface area contributed by atoms with Crippen LogP contribution >= 0.6 is 0 Å². The third-order valence-corrected chi connectivity index (χ3v) is 6.66. The van der Waals surface area contributed by atoms with E-state index in [1.807, 2.05) is 72.8 Å². The minimum Gasteiger partial charge on any atom is -0.352 e. The summed E-state index contributed by atoms with van der Waals surface area (Å²) in [7, 11) is 0. The van der Waals surface area contributed by atoms with Gasteiger partial charge in [0.15, 0.2) is 0 Å². The highest BCUT2D eigenvalue weighted by atomic mass is 16.2. The largest absolute Gasteiger partial charge is 0.352 e. The van der Waals surface area contributed by atoms with Crippen molar-refractivity contribution in [1.29, 1.82) is 0 Å². The Morgan fingerprint density at radius 3 is 0.762 bits per heavy atom. The fourth-order valence-electron chi connectivity index (χ4n) is 3.97. The SMILES string of the molecule is NCc1ccc(CNC(=O)CCC(=O)NCc2ccc(CNC(=O)CCC(=O)NCc3ccc(CN)cc3)cc2)cc1. The third kappa shape index (κ3) is 11.9. The van der Waals surface area contributed by atoms with E-state index in [1.54, 1.807) is 0 Å². The van der Waals surface area contributed by atoms with Crippen LogP contribution in [0.25, 0.3) is 0 Å². The Morgan fingerprint density at radius 2 is 0.571 bits per heavy atom. The molecule has 3 aromatic carbocycles. The highest BCUT2D eigenvalue weighted by molar-refractivity contribution is 5.84. The van der Waals surface area contributed by atoms with Crippen LogP contribution in [0.15, 0.2) is 72.8 Å². The van der Waals surface area contributed by atoms with Crippen LogP contribution in [0.1, 0.15) is 59.1 Å². The molecule has 222 valence electrons. The molecule has 0 unspecified atom stereocenters. The monoisotopic (exact) mass is 572 g/mol. The van der Waals surface area contributed by atoms with Crippen LogP contribution in [0.5, 0.6) is 0 Å². The molecule has 42 heavy (non-hydrogen) atoms. The lowest BCUT2D eigenvalue weighted by molar-refractivity contribution is -0.126. The lowest BCUT2D eigenvalue weighted by Crippen LogP contribution is -2.27. The van der Waals surface area contributed by atoms with Gasteiger partial charge in [0, 0.05) is 65.0 Å². The average molecular weight is 573 g/mol. The smallest absolute Gasteiger partial charge is 0.220 e. The van der Waals surface area contributed by atoms with E-state index in [1.165, 1.54) is 0 Å². The lowest BCUT2D eigenvalue weighted by atomic mass is 10.1. The zero-order chi connectivity index (χ0) is 30.2. The van der Waals surface area contributed by atoms with Crippen LogP contribution in [0.4, 0.5) is 0 Å². The van der Waals surface area contributed by atoms with Gasteiger partial charge in [0.1, 0.15) is 0 Å². The highest BCUT2D eigenvalue weighted by Gasteiger charge is 2.09. The van der Waals surface area contributed by atoms with E-state index in [0.717, 1.165) is 33.4 Å². The Morgan fingerprint density at radius 1 is 0.381 bits per heavy atom. The van der Waals surface area contributed by atoms with Crippen molar-refractivity contribution in [2.45, 2.75) is 65.0 Å². The van der Waals surface area contributed by atoms with E-state index >= 15 is 0 Å². The molecule has 0 aromatic heterocycles. The molecule has 0 fully saturated rings. The number of hydrogen-bond acceptors (Lipinski definition) is 6. The van der Waals surface area contributed by atoms with Gasteiger partial charge in [-0.05, 0) is 33.4 Å². The van der Waals surface area contributed by atoms with E-state index in [-0.39, 0.29) is 49.3 Å². The number of hydrogen-bond donors (Lipinski definition) is 6. The predicted octanol–water partition coefficient (Wildman–Crippen LogP) is 2.03. The van der Waals surface area contributed by atoms with E-state index in [0.29, 0.717) is 39.3 Å². The fraction of sp³-hybridized carbons (Fsp3) is 0.312. The first kappa shape index (κ1) is 32.0. The number of carbonyl (C=O) groups is 4. The zero-order valence-electron chi connectivity index (χ0n) is 23.8. The molecule has 3 aromatic rings. The van der Waals surface area contributed by atoms with Crippen LogP contribution < -0.4 is 32.7 Å². The van der Waals surface area contributed by atoms with Crippen molar-refractivity contribution in [3.8, 4) is 0 Å². The fourth-order valence-corrected chi connectivity index (χ4v) is 3.97. The van der Waals surface area contributed by atoms with E-state index in [9.17, 15) is 19.2 Å². The van der Waals surface area contributed by atoms with Gasteiger partial charge in [-0.3, -0.25) is 19.2 Å². The van der Waals surface area contributed by atoms with Gasteiger partial charge in [0.05, 0.1) is 0 Å². The normalized spacial score (nSPS) is 10.5. The first-order chi connectivity index (χ1) is 20.3. The topological polar surface area (TPSA) is 168 Å². The van der Waals surface area contributed by atoms with Crippen molar-refractivity contribution in [1.82, 2.24) is 21.3 Å². The Bertz CT molecular complexity index is 1210. The molecule has 10 nitrogen and oxygen atoms in total. The summed E-state index contributed by atoms with van der Waals surface area (Å²) in [4.78, 5) is 48.5. The van der Waals surface area contributed by atoms with Gasteiger partial charge in [0.2, 0.25) is 23.6 Å². The van der Waals surface area contributed by atoms with Gasteiger partial charge in [0.25, 0.3) is 0 Å². The Labute approximate surface area is 246 Å². The number of nitrogens with two attached hydrogens (primary N) is 2. The third-order valence-electron chi connectivity index (χ3n) is 6.66. The molecule has 0 atom stereocenters. The molecule has 0 spiro atoms. The summed E-state index contributed by atoms with van der Waals surface area (Å²) in [5, 5.41) is 11.3. The van der Waals surface area contributed by atoms with E-state index in [2.05, 4.69) is 21.3 Å². The first-order valence-corrected chi connectivity index (χ1v) is 14.0. The van der Waals surface area contributed by atoms with Crippen LogP contribution in [0, 0.1) is 0 Å². The standard InChI is InChI=1S/C32H40N6O4/c33-17-23-1-5-25(6-2-23)19-35-29(39)13-15-31(41)37-21-27-9-11-28(12-10-27)22-38-32(42)16-14-30(40)36-20-26-7-3-24(18-34)4-8-26/h1-12H,13-22,33-34H2,(H,35,39)(H,36,40)(H,37,41)(H,38,42). The van der Waals surface area contributed by atoms with Gasteiger partial charge < -0.3 is 32.7 Å². The first-order valence-electron chi connectivity index (χ1n) is 14.0. The molecule has 0 aliphatic rings. The highest BCUT2D eigenvalue weighted by Crippen LogP contribution is 2.07. The average Bonchev–Trinajstić information content (AvgIpc) is 3.03. The quantitative estimate of drug-likeness (QED) is 0.153. The summed E-state index contributed by atoms with van der Waals surface area (Å²) < 4.78 is 0. The van der Waals surface area contributed by atoms with Crippen molar-refractivity contribution >= 4 is 23.6 Å². The number of benzene rings is 3. The van der Waals surface area contributed by atoms with Crippen LogP contribution in [0.2, 0.25) is 0 Å². The summed E-state index contributed by atoms with van der Waals surface area (Å²) in [5.41, 5.74) is 17.0. The second-order valence-corrected chi connectivity index (χ2v) is 9.96. The van der Waals surface area contributed by atoms with E-state index < -0.39 is 0 Å². The second kappa shape index (κ2) is 17.3. The molecule has 0 radical (unpaired) electrons. The summed E-state index contributed by atoms with van der Waals surface area (Å²) in [5.74, 6) is -0.785. The molecule has 0 aliphatic heterocycles. The summed E-state index contributed by atoms with van der Waals surface area (Å²) in [6.45, 7) is 2.43. The van der Waals surface area contributed by atoms with Gasteiger partial charge in [-0.2, -0.15) is 0 Å². The second-order valence-electron chi connectivity index (χ2n) is 9.96. The van der Waals surface area contributed by atoms with Crippen molar-refractivity contribution in [2.75, 3.05) is 0 Å². The molecule has 10 heteroatoms. The van der Waals surface area contributed by atoms with Gasteiger partial charge >= 0.3 is 0 Å². The Kier molecular flexibility index (Phi) is 13.2. The van der Waals surface area contributed by atoms with E-state index in [4.69, 9.17) is 11.5 Å². The lowest BCUT2D eigenvalue weighted by Gasteiger charge is -2.09. The molecular formula is C32H40N6O4. The minimum atomic E-state index is -0.206. The number of carbonyl (C=O) groups excluding carboxylic acids is 4. The predicted molar refractivity (Wildman–Crippen MR) is 161 cm³/mol. The van der Waals surface area contributed by atoms with Crippen molar-refractivity contribution in [2.24, 2.45) is 11.5 Å². The summed E-state index contributed by atoms with van der Waals surface area (Å²) in [6.07, 6.45) is 0.413. The van der Waals surface area contributed by atoms with Crippen molar-refractivity contribution in [3.05, 3.63) is 106 Å². The molecule has 0 bridgehead atoms. The molecule has 0 heterocycles. The maximum Gasteiger partial charge on any atom is 0.220 e. The Balaban J connectivity index is 1.25. The van der Waals surface area contributed by atoms with Crippen molar-refractivity contribution in [3.63, 3.8) is 0 Å². The van der Waals surface area contributed by atoms with Gasteiger partial charge in [-0.1, -0.05) is 72.8 Å². The maximum atomic E-state index is 12.2. The summed E-state index contributed by atoms with van der Waals surface area (Å²) in [6, 6.07) is 22.9. The molecule has 8 N–H and O–H groups in total. The number of rotatable bonds is 16. The molecule has 3 rings (SSSR count). The molecule has 0 saturated heterocycles. The zero-order valence-corrected chi connectivity index (χ0v) is 23.8. The number of amides is 4. The molecular weight excluding hydrogens is 532 g/mol. The van der Waals surface area contributed by atoms with Crippen LogP contribution in [0.3, 0.4) is 0 Å². The van der Waals surface area contributed by atoms with Gasteiger partial charge in [-0.15, -0.1) is 0 Å². The van der Waals surface area contributed by atoms with Crippen molar-refractivity contribution < 1.29 is 19.2 Å². The van der Waals surface area contributed by atoms with Crippen LogP contribution in [-0.2, 0) is 58.4 Å². The summed E-state index contributed by atoms with van der Waals surface area (Å²) >= 11 is 0. The Hall–Kier alpha value is -4.54. The van der Waals surface area contributed by atoms with Gasteiger partial charge in [-0.25, -0.2) is 0 Å². The molecule has 4 amide bonds. The minimum absolute atomic E-state index is 0.0992. The molecule has 0 saturated carbocycles. The maximum absolute atomic E-state index is 12.2.